The summed E-state index contributed by atoms with van der Waals surface area (Å²) < 4.78 is 1.48. The van der Waals surface area contributed by atoms with E-state index in [1.54, 1.807) is 0 Å². The molecular weight excluding hydrogens is 290 g/mol. The molecule has 1 saturated heterocycles. The quantitative estimate of drug-likeness (QED) is 0.715. The highest BCUT2D eigenvalue weighted by molar-refractivity contribution is 5.49. The second-order valence-electron chi connectivity index (χ2n) is 5.88. The molecule has 1 aromatic carbocycles. The number of fused-ring (bicyclic) bond motifs is 1. The predicted octanol–water partition coefficient (Wildman–Crippen LogP) is 1.54. The van der Waals surface area contributed by atoms with Gasteiger partial charge in [0.05, 0.1) is 0 Å². The van der Waals surface area contributed by atoms with Crippen molar-refractivity contribution in [1.82, 2.24) is 25.3 Å². The van der Waals surface area contributed by atoms with Crippen LogP contribution in [-0.2, 0) is 0 Å². The molecule has 0 unspecified atom stereocenters. The summed E-state index contributed by atoms with van der Waals surface area (Å²) in [5.41, 5.74) is 3.26. The fourth-order valence-corrected chi connectivity index (χ4v) is 2.97. The summed E-state index contributed by atoms with van der Waals surface area (Å²) in [4.78, 5) is 4.74. The minimum absolute atomic E-state index is 0.671. The van der Waals surface area contributed by atoms with Gasteiger partial charge in [-0.05, 0) is 48.0 Å². The van der Waals surface area contributed by atoms with Gasteiger partial charge in [-0.3, -0.25) is 0 Å². The maximum atomic E-state index is 4.50. The molecule has 0 atom stereocenters. The molecule has 0 bridgehead atoms. The fourth-order valence-electron chi connectivity index (χ4n) is 2.97. The molecule has 0 saturated carbocycles. The van der Waals surface area contributed by atoms with Crippen molar-refractivity contribution in [3.63, 3.8) is 0 Å². The van der Waals surface area contributed by atoms with E-state index in [0.717, 1.165) is 38.4 Å². The summed E-state index contributed by atoms with van der Waals surface area (Å²) in [5, 5.41) is 15.9. The van der Waals surface area contributed by atoms with E-state index in [2.05, 4.69) is 61.6 Å². The van der Waals surface area contributed by atoms with Crippen molar-refractivity contribution in [2.45, 2.75) is 13.3 Å². The van der Waals surface area contributed by atoms with E-state index < -0.39 is 0 Å². The lowest BCUT2D eigenvalue weighted by atomic mass is 10.2. The summed E-state index contributed by atoms with van der Waals surface area (Å²) in [6.07, 6.45) is 1.10. The van der Waals surface area contributed by atoms with Gasteiger partial charge >= 0.3 is 0 Å². The Bertz CT molecular complexity index is 796. The Morgan fingerprint density at radius 1 is 0.870 bits per heavy atom. The molecule has 7 nitrogen and oxygen atoms in total. The van der Waals surface area contributed by atoms with Crippen LogP contribution in [0.3, 0.4) is 0 Å². The normalized spacial score (nSPS) is 15.9. The Hall–Kier alpha value is -2.70. The van der Waals surface area contributed by atoms with E-state index in [-0.39, 0.29) is 0 Å². The third kappa shape index (κ3) is 2.81. The lowest BCUT2D eigenvalue weighted by molar-refractivity contribution is 0.708. The minimum atomic E-state index is 0.671. The monoisotopic (exact) mass is 309 g/mol. The summed E-state index contributed by atoms with van der Waals surface area (Å²) in [6, 6.07) is 12.7. The predicted molar refractivity (Wildman–Crippen MR) is 88.8 cm³/mol. The molecule has 0 spiro atoms. The fraction of sp³-hybridized carbons (Fsp3) is 0.375. The number of aryl methyl sites for hydroxylation is 1. The lowest BCUT2D eigenvalue weighted by Gasteiger charge is -2.24. The molecule has 2 aromatic heterocycles. The number of rotatable bonds is 2. The summed E-state index contributed by atoms with van der Waals surface area (Å²) in [6.45, 7) is 6.09. The second-order valence-corrected chi connectivity index (χ2v) is 5.88. The van der Waals surface area contributed by atoms with Gasteiger partial charge in [0, 0.05) is 31.9 Å². The van der Waals surface area contributed by atoms with Gasteiger partial charge < -0.3 is 9.80 Å². The number of benzene rings is 1. The molecule has 3 heterocycles. The van der Waals surface area contributed by atoms with Crippen LogP contribution < -0.4 is 9.80 Å². The van der Waals surface area contributed by atoms with Crippen molar-refractivity contribution in [2.75, 3.05) is 36.0 Å². The molecule has 0 aliphatic carbocycles. The SMILES string of the molecule is Cc1ccc(N2CCCN(c3ccc4nnnn4n3)CC2)cc1. The van der Waals surface area contributed by atoms with Gasteiger partial charge in [-0.15, -0.1) is 14.8 Å². The van der Waals surface area contributed by atoms with Gasteiger partial charge in [0.15, 0.2) is 11.5 Å². The topological polar surface area (TPSA) is 62.5 Å². The van der Waals surface area contributed by atoms with Crippen LogP contribution in [0.2, 0.25) is 0 Å². The smallest absolute Gasteiger partial charge is 0.200 e. The van der Waals surface area contributed by atoms with Crippen LogP contribution in [0.15, 0.2) is 36.4 Å². The van der Waals surface area contributed by atoms with Crippen molar-refractivity contribution in [2.24, 2.45) is 0 Å². The molecule has 3 aromatic rings. The largest absolute Gasteiger partial charge is 0.370 e. The molecule has 1 aliphatic heterocycles. The standard InChI is InChI=1S/C16H19N7/c1-13-3-5-14(6-4-13)21-9-2-10-22(12-11-21)16-8-7-15-17-19-20-23(15)18-16/h3-8H,2,9-12H2,1H3. The summed E-state index contributed by atoms with van der Waals surface area (Å²) in [5.74, 6) is 0.926. The Kier molecular flexibility index (Phi) is 3.53. The molecule has 4 rings (SSSR count). The molecule has 118 valence electrons. The van der Waals surface area contributed by atoms with Crippen LogP contribution in [0, 0.1) is 6.92 Å². The van der Waals surface area contributed by atoms with Crippen LogP contribution in [-0.4, -0.2) is 51.4 Å². The number of hydrogen-bond donors (Lipinski definition) is 0. The zero-order chi connectivity index (χ0) is 15.6. The van der Waals surface area contributed by atoms with Gasteiger partial charge in [0.1, 0.15) is 0 Å². The maximum absolute atomic E-state index is 4.50. The summed E-state index contributed by atoms with van der Waals surface area (Å²) >= 11 is 0. The number of aromatic nitrogens is 5. The van der Waals surface area contributed by atoms with E-state index in [1.165, 1.54) is 15.9 Å². The first-order valence-electron chi connectivity index (χ1n) is 7.91. The van der Waals surface area contributed by atoms with E-state index in [9.17, 15) is 0 Å². The van der Waals surface area contributed by atoms with E-state index in [1.807, 2.05) is 12.1 Å². The molecular formula is C16H19N7. The van der Waals surface area contributed by atoms with E-state index in [4.69, 9.17) is 0 Å². The molecule has 0 amide bonds. The Morgan fingerprint density at radius 2 is 1.65 bits per heavy atom. The number of nitrogens with zero attached hydrogens (tertiary/aromatic N) is 7. The molecule has 0 radical (unpaired) electrons. The lowest BCUT2D eigenvalue weighted by Crippen LogP contribution is -2.31. The highest BCUT2D eigenvalue weighted by Crippen LogP contribution is 2.19. The van der Waals surface area contributed by atoms with Crippen molar-refractivity contribution < 1.29 is 0 Å². The maximum Gasteiger partial charge on any atom is 0.200 e. The zero-order valence-corrected chi connectivity index (χ0v) is 13.1. The average Bonchev–Trinajstić information content (AvgIpc) is 2.91. The first-order valence-corrected chi connectivity index (χ1v) is 7.91. The Morgan fingerprint density at radius 3 is 2.52 bits per heavy atom. The highest BCUT2D eigenvalue weighted by Gasteiger charge is 2.17. The Balaban J connectivity index is 1.51. The second kappa shape index (κ2) is 5.83. The number of hydrogen-bond acceptors (Lipinski definition) is 6. The van der Waals surface area contributed by atoms with Crippen molar-refractivity contribution >= 4 is 17.2 Å². The molecule has 1 aliphatic rings. The van der Waals surface area contributed by atoms with Gasteiger partial charge in [0.2, 0.25) is 0 Å². The minimum Gasteiger partial charge on any atom is -0.370 e. The summed E-state index contributed by atoms with van der Waals surface area (Å²) in [7, 11) is 0. The third-order valence-electron chi connectivity index (χ3n) is 4.27. The van der Waals surface area contributed by atoms with Crippen LogP contribution in [0.1, 0.15) is 12.0 Å². The molecule has 0 N–H and O–H groups in total. The highest BCUT2D eigenvalue weighted by atomic mass is 15.6. The van der Waals surface area contributed by atoms with Crippen molar-refractivity contribution in [3.05, 3.63) is 42.0 Å². The van der Waals surface area contributed by atoms with Crippen LogP contribution in [0.4, 0.5) is 11.5 Å². The van der Waals surface area contributed by atoms with Gasteiger partial charge in [-0.1, -0.05) is 17.7 Å². The zero-order valence-electron chi connectivity index (χ0n) is 13.1. The first-order chi connectivity index (χ1) is 11.3. The molecule has 1 fully saturated rings. The number of anilines is 2. The Labute approximate surface area is 134 Å². The van der Waals surface area contributed by atoms with Crippen molar-refractivity contribution in [1.29, 1.82) is 0 Å². The van der Waals surface area contributed by atoms with Crippen LogP contribution >= 0.6 is 0 Å². The van der Waals surface area contributed by atoms with Crippen LogP contribution in [0.25, 0.3) is 5.65 Å². The molecule has 23 heavy (non-hydrogen) atoms. The molecule has 7 heteroatoms. The van der Waals surface area contributed by atoms with E-state index >= 15 is 0 Å². The van der Waals surface area contributed by atoms with Crippen molar-refractivity contribution in [3.8, 4) is 0 Å². The van der Waals surface area contributed by atoms with Gasteiger partial charge in [-0.2, -0.15) is 0 Å². The van der Waals surface area contributed by atoms with Gasteiger partial charge in [-0.25, -0.2) is 0 Å². The average molecular weight is 309 g/mol. The van der Waals surface area contributed by atoms with E-state index in [0.29, 0.717) is 5.65 Å². The van der Waals surface area contributed by atoms with Crippen LogP contribution in [0.5, 0.6) is 0 Å². The third-order valence-corrected chi connectivity index (χ3v) is 4.27. The number of tetrazole rings is 1. The van der Waals surface area contributed by atoms with Gasteiger partial charge in [0.25, 0.3) is 0 Å². The first kappa shape index (κ1) is 13.9.